The molecule has 1 aliphatic heterocycles. The van der Waals surface area contributed by atoms with Crippen molar-refractivity contribution in [3.63, 3.8) is 0 Å². The van der Waals surface area contributed by atoms with Crippen LogP contribution in [0.2, 0.25) is 0 Å². The third-order valence-electron chi connectivity index (χ3n) is 8.93. The van der Waals surface area contributed by atoms with Crippen LogP contribution >= 0.6 is 0 Å². The Balaban J connectivity index is 1.24. The molecule has 5 fully saturated rings. The van der Waals surface area contributed by atoms with E-state index in [9.17, 15) is 14.4 Å². The van der Waals surface area contributed by atoms with Crippen LogP contribution < -0.4 is 5.32 Å². The van der Waals surface area contributed by atoms with E-state index >= 15 is 0 Å². The van der Waals surface area contributed by atoms with Gasteiger partial charge < -0.3 is 15.1 Å². The van der Waals surface area contributed by atoms with Crippen LogP contribution in [0.3, 0.4) is 0 Å². The van der Waals surface area contributed by atoms with Gasteiger partial charge in [0.05, 0.1) is 12.0 Å². The Bertz CT molecular complexity index is 936. The van der Waals surface area contributed by atoms with Gasteiger partial charge in [0.15, 0.2) is 0 Å². The second-order valence-electron chi connectivity index (χ2n) is 11.3. The fraction of sp³-hybridized carbons (Fsp3) is 0.667. The topological polar surface area (TPSA) is 69.7 Å². The molecule has 4 aliphatic carbocycles. The van der Waals surface area contributed by atoms with E-state index in [1.165, 1.54) is 24.2 Å². The van der Waals surface area contributed by atoms with Crippen molar-refractivity contribution in [1.82, 2.24) is 9.80 Å². The molecule has 0 spiro atoms. The Kier molecular flexibility index (Phi) is 5.74. The second kappa shape index (κ2) is 8.44. The van der Waals surface area contributed by atoms with E-state index < -0.39 is 6.04 Å². The molecule has 33 heavy (non-hydrogen) atoms. The quantitative estimate of drug-likeness (QED) is 0.738. The summed E-state index contributed by atoms with van der Waals surface area (Å²) in [5.41, 5.74) is 2.70. The minimum atomic E-state index is -0.427. The SMILES string of the molecule is Cc1cccc(NC(=O)CN(C)C(=O)C2CCCN2C(=O)C23CC4CC(CC(C4)C2)C3)c1C. The van der Waals surface area contributed by atoms with Crippen molar-refractivity contribution >= 4 is 23.4 Å². The summed E-state index contributed by atoms with van der Waals surface area (Å²) in [7, 11) is 1.68. The third kappa shape index (κ3) is 4.06. The summed E-state index contributed by atoms with van der Waals surface area (Å²) >= 11 is 0. The molecule has 0 aromatic heterocycles. The molecule has 178 valence electrons. The van der Waals surface area contributed by atoms with Gasteiger partial charge in [-0.25, -0.2) is 0 Å². The Morgan fingerprint density at radius 2 is 1.70 bits per heavy atom. The number of nitrogens with zero attached hydrogens (tertiary/aromatic N) is 2. The summed E-state index contributed by atoms with van der Waals surface area (Å²) < 4.78 is 0. The number of benzene rings is 1. The highest BCUT2D eigenvalue weighted by Gasteiger charge is 2.57. The van der Waals surface area contributed by atoms with Gasteiger partial charge in [0.1, 0.15) is 6.04 Å². The monoisotopic (exact) mass is 451 g/mol. The van der Waals surface area contributed by atoms with Crippen molar-refractivity contribution in [3.8, 4) is 0 Å². The van der Waals surface area contributed by atoms with Crippen molar-refractivity contribution < 1.29 is 14.4 Å². The highest BCUT2D eigenvalue weighted by molar-refractivity contribution is 5.97. The first-order valence-electron chi connectivity index (χ1n) is 12.7. The molecule has 1 N–H and O–H groups in total. The lowest BCUT2D eigenvalue weighted by Crippen LogP contribution is -2.57. The van der Waals surface area contributed by atoms with Crippen molar-refractivity contribution in [1.29, 1.82) is 0 Å². The van der Waals surface area contributed by atoms with Gasteiger partial charge in [-0.1, -0.05) is 12.1 Å². The minimum absolute atomic E-state index is 0.0118. The minimum Gasteiger partial charge on any atom is -0.335 e. The largest absolute Gasteiger partial charge is 0.335 e. The molecular formula is C27H37N3O3. The molecule has 1 heterocycles. The number of nitrogens with one attached hydrogen (secondary N) is 1. The maximum absolute atomic E-state index is 13.8. The normalized spacial score (nSPS) is 32.2. The van der Waals surface area contributed by atoms with Crippen LogP contribution in [0, 0.1) is 37.0 Å². The fourth-order valence-electron chi connectivity index (χ4n) is 7.57. The summed E-state index contributed by atoms with van der Waals surface area (Å²) in [6, 6.07) is 5.38. The van der Waals surface area contributed by atoms with Crippen LogP contribution in [0.1, 0.15) is 62.5 Å². The predicted octanol–water partition coefficient (Wildman–Crippen LogP) is 3.91. The maximum atomic E-state index is 13.8. The number of likely N-dealkylation sites (N-methyl/N-ethyl adjacent to an activating group) is 1. The fourth-order valence-corrected chi connectivity index (χ4v) is 7.57. The van der Waals surface area contributed by atoms with E-state index in [1.54, 1.807) is 7.05 Å². The molecule has 4 bridgehead atoms. The van der Waals surface area contributed by atoms with E-state index in [2.05, 4.69) is 5.32 Å². The van der Waals surface area contributed by atoms with Crippen LogP contribution in [0.15, 0.2) is 18.2 Å². The van der Waals surface area contributed by atoms with Gasteiger partial charge in [0.2, 0.25) is 17.7 Å². The molecule has 4 saturated carbocycles. The summed E-state index contributed by atoms with van der Waals surface area (Å²) in [5, 5.41) is 2.94. The summed E-state index contributed by atoms with van der Waals surface area (Å²) in [6.45, 7) is 4.64. The Morgan fingerprint density at radius 3 is 2.33 bits per heavy atom. The van der Waals surface area contributed by atoms with E-state index in [1.807, 2.05) is 36.9 Å². The van der Waals surface area contributed by atoms with Gasteiger partial charge >= 0.3 is 0 Å². The number of rotatable bonds is 5. The number of hydrogen-bond donors (Lipinski definition) is 1. The van der Waals surface area contributed by atoms with Gasteiger partial charge in [-0.15, -0.1) is 0 Å². The number of likely N-dealkylation sites (tertiary alicyclic amines) is 1. The molecule has 6 heteroatoms. The highest BCUT2D eigenvalue weighted by Crippen LogP contribution is 2.60. The molecule has 3 amide bonds. The molecule has 1 unspecified atom stereocenters. The molecule has 5 aliphatic rings. The molecule has 1 aromatic rings. The standard InChI is InChI=1S/C27H37N3O3/c1-17-6-4-7-22(18(17)2)28-24(31)16-29(3)25(32)23-8-5-9-30(23)26(33)27-13-19-10-20(14-27)12-21(11-19)15-27/h4,6-7,19-21,23H,5,8-16H2,1-3H3,(H,28,31). The molecule has 6 rings (SSSR count). The molecule has 6 nitrogen and oxygen atoms in total. The van der Waals surface area contributed by atoms with Gasteiger partial charge in [-0.2, -0.15) is 0 Å². The number of carbonyl (C=O) groups excluding carboxylic acids is 3. The molecule has 1 aromatic carbocycles. The number of anilines is 1. The van der Waals surface area contributed by atoms with Crippen molar-refractivity contribution in [3.05, 3.63) is 29.3 Å². The number of carbonyl (C=O) groups is 3. The zero-order valence-corrected chi connectivity index (χ0v) is 20.2. The summed E-state index contributed by atoms with van der Waals surface area (Å²) in [5.74, 6) is 2.01. The van der Waals surface area contributed by atoms with Crippen LogP contribution in [0.25, 0.3) is 0 Å². The van der Waals surface area contributed by atoms with Crippen LogP contribution in [0.4, 0.5) is 5.69 Å². The maximum Gasteiger partial charge on any atom is 0.245 e. The van der Waals surface area contributed by atoms with Crippen LogP contribution in [-0.2, 0) is 14.4 Å². The molecule has 1 saturated heterocycles. The van der Waals surface area contributed by atoms with E-state index in [0.29, 0.717) is 30.7 Å². The van der Waals surface area contributed by atoms with Crippen molar-refractivity contribution in [2.45, 2.75) is 71.3 Å². The zero-order valence-electron chi connectivity index (χ0n) is 20.2. The van der Waals surface area contributed by atoms with Crippen LogP contribution in [0.5, 0.6) is 0 Å². The van der Waals surface area contributed by atoms with Gasteiger partial charge in [-0.05, 0) is 100 Å². The molecule has 0 radical (unpaired) electrons. The Hall–Kier alpha value is -2.37. The van der Waals surface area contributed by atoms with E-state index in [-0.39, 0.29) is 29.7 Å². The second-order valence-corrected chi connectivity index (χ2v) is 11.3. The Morgan fingerprint density at radius 1 is 1.06 bits per heavy atom. The predicted molar refractivity (Wildman–Crippen MR) is 128 cm³/mol. The van der Waals surface area contributed by atoms with E-state index in [0.717, 1.165) is 42.5 Å². The third-order valence-corrected chi connectivity index (χ3v) is 8.93. The lowest BCUT2D eigenvalue weighted by Gasteiger charge is -2.56. The number of aryl methyl sites for hydroxylation is 1. The lowest BCUT2D eigenvalue weighted by atomic mass is 9.49. The van der Waals surface area contributed by atoms with E-state index in [4.69, 9.17) is 0 Å². The molecular weight excluding hydrogens is 414 g/mol. The number of hydrogen-bond acceptors (Lipinski definition) is 3. The lowest BCUT2D eigenvalue weighted by molar-refractivity contribution is -0.161. The van der Waals surface area contributed by atoms with Gasteiger partial charge in [0.25, 0.3) is 0 Å². The van der Waals surface area contributed by atoms with Gasteiger partial charge in [-0.3, -0.25) is 14.4 Å². The highest BCUT2D eigenvalue weighted by atomic mass is 16.2. The summed E-state index contributed by atoms with van der Waals surface area (Å²) in [4.78, 5) is 43.2. The smallest absolute Gasteiger partial charge is 0.245 e. The number of amides is 3. The average molecular weight is 452 g/mol. The Labute approximate surface area is 197 Å². The molecule has 1 atom stereocenters. The van der Waals surface area contributed by atoms with Crippen molar-refractivity contribution in [2.75, 3.05) is 25.5 Å². The zero-order chi connectivity index (χ0) is 23.3. The first-order chi connectivity index (χ1) is 15.8. The summed E-state index contributed by atoms with van der Waals surface area (Å²) in [6.07, 6.45) is 8.50. The van der Waals surface area contributed by atoms with Crippen LogP contribution in [-0.4, -0.2) is 53.7 Å². The first-order valence-corrected chi connectivity index (χ1v) is 12.7. The average Bonchev–Trinajstić information content (AvgIpc) is 3.24. The van der Waals surface area contributed by atoms with Crippen molar-refractivity contribution in [2.24, 2.45) is 23.2 Å². The van der Waals surface area contributed by atoms with Gasteiger partial charge in [0, 0.05) is 19.3 Å². The first kappa shape index (κ1) is 22.4.